The highest BCUT2D eigenvalue weighted by Gasteiger charge is 2.17. The third-order valence-electron chi connectivity index (χ3n) is 2.23. The Morgan fingerprint density at radius 1 is 1.36 bits per heavy atom. The first-order valence-electron chi connectivity index (χ1n) is 5.24. The first-order valence-corrected chi connectivity index (χ1v) is 5.24. The molecule has 0 aliphatic carbocycles. The first-order chi connectivity index (χ1) is 6.54. The minimum atomic E-state index is 0.122. The second-order valence-electron chi connectivity index (χ2n) is 4.70. The summed E-state index contributed by atoms with van der Waals surface area (Å²) >= 11 is 0. The van der Waals surface area contributed by atoms with Crippen LogP contribution in [0.4, 0.5) is 0 Å². The van der Waals surface area contributed by atoms with Crippen molar-refractivity contribution in [1.82, 2.24) is 0 Å². The molecule has 0 spiro atoms. The lowest BCUT2D eigenvalue weighted by Crippen LogP contribution is -2.09. The van der Waals surface area contributed by atoms with Crippen molar-refractivity contribution >= 4 is 0 Å². The van der Waals surface area contributed by atoms with Crippen LogP contribution >= 0.6 is 0 Å². The molecule has 0 aliphatic heterocycles. The summed E-state index contributed by atoms with van der Waals surface area (Å²) in [5, 5.41) is 0. The lowest BCUT2D eigenvalue weighted by atomic mass is 9.94. The molecule has 0 amide bonds. The van der Waals surface area contributed by atoms with Crippen molar-refractivity contribution < 1.29 is 4.42 Å². The Morgan fingerprint density at radius 3 is 2.57 bits per heavy atom. The van der Waals surface area contributed by atoms with Gasteiger partial charge in [-0.25, -0.2) is 0 Å². The number of rotatable bonds is 4. The number of allylic oxidation sites excluding steroid dienone is 1. The van der Waals surface area contributed by atoms with Crippen molar-refractivity contribution in [2.24, 2.45) is 0 Å². The predicted molar refractivity (Wildman–Crippen MR) is 60.5 cm³/mol. The molecule has 14 heavy (non-hydrogen) atoms. The largest absolute Gasteiger partial charge is 0.466 e. The van der Waals surface area contributed by atoms with Crippen LogP contribution in [0.1, 0.15) is 45.1 Å². The van der Waals surface area contributed by atoms with E-state index in [-0.39, 0.29) is 5.41 Å². The molecule has 0 unspecified atom stereocenters. The highest BCUT2D eigenvalue weighted by atomic mass is 16.3. The fourth-order valence-electron chi connectivity index (χ4n) is 1.34. The predicted octanol–water partition coefficient (Wildman–Crippen LogP) is 4.09. The van der Waals surface area contributed by atoms with Gasteiger partial charge in [-0.3, -0.25) is 0 Å². The van der Waals surface area contributed by atoms with Gasteiger partial charge in [0.15, 0.2) is 0 Å². The van der Waals surface area contributed by atoms with Crippen LogP contribution in [0.25, 0.3) is 0 Å². The van der Waals surface area contributed by atoms with Crippen LogP contribution in [0.15, 0.2) is 29.2 Å². The summed E-state index contributed by atoms with van der Waals surface area (Å²) < 4.78 is 5.76. The fourth-order valence-corrected chi connectivity index (χ4v) is 1.34. The van der Waals surface area contributed by atoms with E-state index in [4.69, 9.17) is 4.42 Å². The van der Waals surface area contributed by atoms with Gasteiger partial charge in [-0.05, 0) is 25.0 Å². The molecule has 0 saturated carbocycles. The monoisotopic (exact) mass is 192 g/mol. The summed E-state index contributed by atoms with van der Waals surface area (Å²) in [6.45, 7) is 10.2. The SMILES string of the molecule is C=CCCCc1ccc(C(C)(C)C)o1. The zero-order valence-corrected chi connectivity index (χ0v) is 9.47. The van der Waals surface area contributed by atoms with Crippen molar-refractivity contribution in [1.29, 1.82) is 0 Å². The van der Waals surface area contributed by atoms with Crippen LogP contribution in [0.5, 0.6) is 0 Å². The van der Waals surface area contributed by atoms with E-state index in [1.165, 1.54) is 0 Å². The Labute approximate surface area is 86.8 Å². The molecule has 78 valence electrons. The summed E-state index contributed by atoms with van der Waals surface area (Å²) in [5.41, 5.74) is 0.122. The van der Waals surface area contributed by atoms with Gasteiger partial charge < -0.3 is 4.42 Å². The van der Waals surface area contributed by atoms with Crippen LogP contribution in [-0.2, 0) is 11.8 Å². The molecular formula is C13H20O. The summed E-state index contributed by atoms with van der Waals surface area (Å²) in [6, 6.07) is 4.17. The molecule has 0 atom stereocenters. The number of hydrogen-bond donors (Lipinski definition) is 0. The Hall–Kier alpha value is -0.980. The van der Waals surface area contributed by atoms with Crippen molar-refractivity contribution in [2.75, 3.05) is 0 Å². The molecule has 1 aromatic rings. The maximum Gasteiger partial charge on any atom is 0.109 e. The summed E-state index contributed by atoms with van der Waals surface area (Å²) in [4.78, 5) is 0. The molecule has 1 heteroatoms. The molecule has 1 nitrogen and oxygen atoms in total. The van der Waals surface area contributed by atoms with Crippen LogP contribution < -0.4 is 0 Å². The minimum Gasteiger partial charge on any atom is -0.466 e. The molecule has 0 aromatic carbocycles. The molecular weight excluding hydrogens is 172 g/mol. The highest BCUT2D eigenvalue weighted by molar-refractivity contribution is 5.14. The van der Waals surface area contributed by atoms with Crippen LogP contribution in [0, 0.1) is 0 Å². The lowest BCUT2D eigenvalue weighted by molar-refractivity contribution is 0.384. The van der Waals surface area contributed by atoms with E-state index in [1.54, 1.807) is 0 Å². The highest BCUT2D eigenvalue weighted by Crippen LogP contribution is 2.24. The van der Waals surface area contributed by atoms with Gasteiger partial charge in [-0.2, -0.15) is 0 Å². The smallest absolute Gasteiger partial charge is 0.109 e. The maximum atomic E-state index is 5.76. The standard InChI is InChI=1S/C13H20O/c1-5-6-7-8-11-9-10-12(14-11)13(2,3)4/h5,9-10H,1,6-8H2,2-4H3. The van der Waals surface area contributed by atoms with E-state index in [0.29, 0.717) is 0 Å². The van der Waals surface area contributed by atoms with Gasteiger partial charge in [-0.15, -0.1) is 6.58 Å². The van der Waals surface area contributed by atoms with Gasteiger partial charge in [-0.1, -0.05) is 26.8 Å². The topological polar surface area (TPSA) is 13.1 Å². The van der Waals surface area contributed by atoms with Gasteiger partial charge in [0.05, 0.1) is 0 Å². The normalized spacial score (nSPS) is 11.6. The van der Waals surface area contributed by atoms with E-state index < -0.39 is 0 Å². The van der Waals surface area contributed by atoms with E-state index in [1.807, 2.05) is 6.08 Å². The van der Waals surface area contributed by atoms with Gasteiger partial charge in [0.1, 0.15) is 11.5 Å². The van der Waals surface area contributed by atoms with Crippen molar-refractivity contribution in [3.63, 3.8) is 0 Å². The van der Waals surface area contributed by atoms with E-state index >= 15 is 0 Å². The maximum absolute atomic E-state index is 5.76. The van der Waals surface area contributed by atoms with Crippen molar-refractivity contribution in [2.45, 2.75) is 45.4 Å². The quantitative estimate of drug-likeness (QED) is 0.517. The average molecular weight is 192 g/mol. The van der Waals surface area contributed by atoms with E-state index in [9.17, 15) is 0 Å². The first kappa shape index (κ1) is 11.1. The number of unbranched alkanes of at least 4 members (excludes halogenated alkanes) is 1. The molecule has 0 bridgehead atoms. The molecule has 0 fully saturated rings. The van der Waals surface area contributed by atoms with Gasteiger partial charge in [0, 0.05) is 11.8 Å². The third-order valence-corrected chi connectivity index (χ3v) is 2.23. The lowest BCUT2D eigenvalue weighted by Gasteiger charge is -2.14. The van der Waals surface area contributed by atoms with Crippen LogP contribution in [0.3, 0.4) is 0 Å². The Morgan fingerprint density at radius 2 is 2.07 bits per heavy atom. The second-order valence-corrected chi connectivity index (χ2v) is 4.70. The van der Waals surface area contributed by atoms with Crippen molar-refractivity contribution in [3.8, 4) is 0 Å². The summed E-state index contributed by atoms with van der Waals surface area (Å²) in [5.74, 6) is 2.17. The Kier molecular flexibility index (Phi) is 3.56. The van der Waals surface area contributed by atoms with E-state index in [0.717, 1.165) is 30.8 Å². The van der Waals surface area contributed by atoms with Crippen LogP contribution in [0.2, 0.25) is 0 Å². The zero-order valence-electron chi connectivity index (χ0n) is 9.47. The molecule has 1 aromatic heterocycles. The molecule has 0 radical (unpaired) electrons. The fraction of sp³-hybridized carbons (Fsp3) is 0.538. The Balaban J connectivity index is 2.55. The summed E-state index contributed by atoms with van der Waals surface area (Å²) in [6.07, 6.45) is 5.15. The van der Waals surface area contributed by atoms with Gasteiger partial charge in [0.2, 0.25) is 0 Å². The molecule has 1 heterocycles. The minimum absolute atomic E-state index is 0.122. The Bertz CT molecular complexity index is 288. The molecule has 0 aliphatic rings. The number of aryl methyl sites for hydroxylation is 1. The number of hydrogen-bond acceptors (Lipinski definition) is 1. The molecule has 0 N–H and O–H groups in total. The van der Waals surface area contributed by atoms with E-state index in [2.05, 4.69) is 39.5 Å². The number of furan rings is 1. The molecule has 1 rings (SSSR count). The third kappa shape index (κ3) is 3.06. The van der Waals surface area contributed by atoms with Crippen LogP contribution in [-0.4, -0.2) is 0 Å². The van der Waals surface area contributed by atoms with Crippen molar-refractivity contribution in [3.05, 3.63) is 36.3 Å². The second kappa shape index (κ2) is 4.50. The molecule has 0 saturated heterocycles. The average Bonchev–Trinajstić information content (AvgIpc) is 2.52. The summed E-state index contributed by atoms with van der Waals surface area (Å²) in [7, 11) is 0. The van der Waals surface area contributed by atoms with Gasteiger partial charge in [0.25, 0.3) is 0 Å². The van der Waals surface area contributed by atoms with Gasteiger partial charge >= 0.3 is 0 Å². The zero-order chi connectivity index (χ0) is 10.6.